The normalized spacial score (nSPS) is 11.3. The summed E-state index contributed by atoms with van der Waals surface area (Å²) in [5.41, 5.74) is 2.62. The van der Waals surface area contributed by atoms with Crippen LogP contribution in [-0.4, -0.2) is 21.6 Å². The lowest BCUT2D eigenvalue weighted by atomic mass is 10.1. The van der Waals surface area contributed by atoms with Crippen LogP contribution in [0.2, 0.25) is 0 Å². The molecule has 1 aromatic carbocycles. The number of halogens is 1. The number of imidazole rings is 1. The molecule has 5 heteroatoms. The number of fused-ring (bicyclic) bond motifs is 1. The fraction of sp³-hybridized carbons (Fsp3) is 0.294. The van der Waals surface area contributed by atoms with Crippen molar-refractivity contribution in [1.82, 2.24) is 15.0 Å². The summed E-state index contributed by atoms with van der Waals surface area (Å²) in [4.78, 5) is 12.1. The first kappa shape index (κ1) is 15.0. The van der Waals surface area contributed by atoms with Crippen LogP contribution in [0.15, 0.2) is 41.0 Å². The first-order chi connectivity index (χ1) is 10.6. The van der Waals surface area contributed by atoms with Crippen molar-refractivity contribution in [1.29, 1.82) is 0 Å². The summed E-state index contributed by atoms with van der Waals surface area (Å²) >= 11 is 3.42. The number of benzene rings is 1. The maximum absolute atomic E-state index is 5.81. The van der Waals surface area contributed by atoms with Gasteiger partial charge in [-0.05, 0) is 46.5 Å². The van der Waals surface area contributed by atoms with E-state index >= 15 is 0 Å². The van der Waals surface area contributed by atoms with Gasteiger partial charge < -0.3 is 9.72 Å². The third-order valence-electron chi connectivity index (χ3n) is 3.38. The molecule has 0 radical (unpaired) electrons. The van der Waals surface area contributed by atoms with E-state index in [9.17, 15) is 0 Å². The highest BCUT2D eigenvalue weighted by Gasteiger charge is 2.08. The first-order valence-electron chi connectivity index (χ1n) is 7.36. The number of ether oxygens (including phenoxy) is 1. The molecule has 4 nitrogen and oxygen atoms in total. The van der Waals surface area contributed by atoms with Crippen molar-refractivity contribution in [3.63, 3.8) is 0 Å². The summed E-state index contributed by atoms with van der Waals surface area (Å²) in [7, 11) is 0. The van der Waals surface area contributed by atoms with E-state index in [4.69, 9.17) is 4.74 Å². The van der Waals surface area contributed by atoms with Gasteiger partial charge in [-0.1, -0.05) is 26.0 Å². The second-order valence-electron chi connectivity index (χ2n) is 5.67. The number of hydrogen-bond acceptors (Lipinski definition) is 3. The van der Waals surface area contributed by atoms with Crippen LogP contribution in [0.3, 0.4) is 0 Å². The minimum absolute atomic E-state index is 0.642. The zero-order valence-electron chi connectivity index (χ0n) is 12.6. The zero-order chi connectivity index (χ0) is 15.5. The van der Waals surface area contributed by atoms with Gasteiger partial charge in [-0.2, -0.15) is 0 Å². The maximum atomic E-state index is 5.81. The molecule has 1 N–H and O–H groups in total. The Morgan fingerprint density at radius 3 is 2.95 bits per heavy atom. The SMILES string of the molecule is CC(C)CCOc1cccc(-c2nc3ncc(Br)cc3[nH]2)c1. The standard InChI is InChI=1S/C17H18BrN3O/c1-11(2)6-7-22-14-5-3-4-12(8-14)16-20-15-9-13(18)10-19-17(15)21-16/h3-5,8-11H,6-7H2,1-2H3,(H,19,20,21). The molecule has 0 bridgehead atoms. The molecular weight excluding hydrogens is 342 g/mol. The fourth-order valence-corrected chi connectivity index (χ4v) is 2.49. The average molecular weight is 360 g/mol. The Labute approximate surface area is 138 Å². The number of hydrogen-bond donors (Lipinski definition) is 1. The number of rotatable bonds is 5. The van der Waals surface area contributed by atoms with Crippen molar-refractivity contribution in [2.24, 2.45) is 5.92 Å². The van der Waals surface area contributed by atoms with Gasteiger partial charge in [-0.25, -0.2) is 9.97 Å². The summed E-state index contributed by atoms with van der Waals surface area (Å²) in [5, 5.41) is 0. The Balaban J connectivity index is 1.83. The Morgan fingerprint density at radius 1 is 1.27 bits per heavy atom. The predicted molar refractivity (Wildman–Crippen MR) is 92.0 cm³/mol. The molecule has 3 rings (SSSR count). The van der Waals surface area contributed by atoms with Crippen molar-refractivity contribution in [2.45, 2.75) is 20.3 Å². The van der Waals surface area contributed by atoms with Crippen molar-refractivity contribution < 1.29 is 4.74 Å². The number of aromatic nitrogens is 3. The van der Waals surface area contributed by atoms with Gasteiger partial charge in [-0.15, -0.1) is 0 Å². The topological polar surface area (TPSA) is 50.8 Å². The van der Waals surface area contributed by atoms with Gasteiger partial charge in [-0.3, -0.25) is 0 Å². The largest absolute Gasteiger partial charge is 0.494 e. The number of nitrogens with zero attached hydrogens (tertiary/aromatic N) is 2. The van der Waals surface area contributed by atoms with Gasteiger partial charge in [0.25, 0.3) is 0 Å². The smallest absolute Gasteiger partial charge is 0.178 e. The second-order valence-corrected chi connectivity index (χ2v) is 6.58. The third-order valence-corrected chi connectivity index (χ3v) is 3.81. The number of pyridine rings is 1. The molecule has 0 fully saturated rings. The summed E-state index contributed by atoms with van der Waals surface area (Å²) in [6, 6.07) is 9.95. The molecule has 114 valence electrons. The molecule has 0 saturated carbocycles. The summed E-state index contributed by atoms with van der Waals surface area (Å²) in [6.07, 6.45) is 2.80. The molecule has 3 aromatic rings. The molecule has 2 aromatic heterocycles. The third kappa shape index (κ3) is 3.47. The Bertz CT molecular complexity index is 782. The molecule has 0 unspecified atom stereocenters. The van der Waals surface area contributed by atoms with Gasteiger partial charge in [0.2, 0.25) is 0 Å². The zero-order valence-corrected chi connectivity index (χ0v) is 14.2. The average Bonchev–Trinajstić information content (AvgIpc) is 2.90. The second kappa shape index (κ2) is 6.48. The molecule has 0 aliphatic carbocycles. The van der Waals surface area contributed by atoms with Gasteiger partial charge in [0.15, 0.2) is 5.65 Å². The van der Waals surface area contributed by atoms with Crippen LogP contribution in [0.4, 0.5) is 0 Å². The predicted octanol–water partition coefficient (Wildman–Crippen LogP) is 4.81. The van der Waals surface area contributed by atoms with Crippen molar-refractivity contribution in [3.8, 4) is 17.1 Å². The summed E-state index contributed by atoms with van der Waals surface area (Å²) in [5.74, 6) is 2.31. The number of H-pyrrole nitrogens is 1. The van der Waals surface area contributed by atoms with Crippen LogP contribution in [0.25, 0.3) is 22.6 Å². The van der Waals surface area contributed by atoms with Crippen LogP contribution in [0, 0.1) is 5.92 Å². The molecule has 0 spiro atoms. The molecule has 22 heavy (non-hydrogen) atoms. The van der Waals surface area contributed by atoms with E-state index in [1.807, 2.05) is 30.3 Å². The highest BCUT2D eigenvalue weighted by molar-refractivity contribution is 9.10. The Kier molecular flexibility index (Phi) is 4.43. The summed E-state index contributed by atoms with van der Waals surface area (Å²) in [6.45, 7) is 5.12. The number of nitrogens with one attached hydrogen (secondary N) is 1. The van der Waals surface area contributed by atoms with Crippen molar-refractivity contribution in [2.75, 3.05) is 6.61 Å². The molecule has 0 aliphatic heterocycles. The summed E-state index contributed by atoms with van der Waals surface area (Å²) < 4.78 is 6.74. The fourth-order valence-electron chi connectivity index (χ4n) is 2.16. The van der Waals surface area contributed by atoms with Gasteiger partial charge in [0.1, 0.15) is 11.6 Å². The van der Waals surface area contributed by atoms with E-state index in [-0.39, 0.29) is 0 Å². The Hall–Kier alpha value is -1.88. The van der Waals surface area contributed by atoms with Crippen LogP contribution in [0.1, 0.15) is 20.3 Å². The molecule has 0 saturated heterocycles. The Morgan fingerprint density at radius 2 is 2.14 bits per heavy atom. The quantitative estimate of drug-likeness (QED) is 0.710. The van der Waals surface area contributed by atoms with Crippen molar-refractivity contribution >= 4 is 27.1 Å². The lowest BCUT2D eigenvalue weighted by Crippen LogP contribution is -2.01. The highest BCUT2D eigenvalue weighted by Crippen LogP contribution is 2.24. The highest BCUT2D eigenvalue weighted by atomic mass is 79.9. The van der Waals surface area contributed by atoms with E-state index in [1.165, 1.54) is 0 Å². The van der Waals surface area contributed by atoms with E-state index in [0.717, 1.165) is 40.2 Å². The van der Waals surface area contributed by atoms with Crippen LogP contribution < -0.4 is 4.74 Å². The molecule has 0 aliphatic rings. The number of aromatic amines is 1. The minimum atomic E-state index is 0.642. The lowest BCUT2D eigenvalue weighted by Gasteiger charge is -2.08. The van der Waals surface area contributed by atoms with E-state index in [2.05, 4.69) is 44.7 Å². The van der Waals surface area contributed by atoms with Crippen LogP contribution in [0.5, 0.6) is 5.75 Å². The van der Waals surface area contributed by atoms with Gasteiger partial charge in [0.05, 0.1) is 12.1 Å². The molecular formula is C17H18BrN3O. The molecule has 2 heterocycles. The van der Waals surface area contributed by atoms with E-state index in [0.29, 0.717) is 11.6 Å². The lowest BCUT2D eigenvalue weighted by molar-refractivity contribution is 0.289. The molecule has 0 amide bonds. The van der Waals surface area contributed by atoms with Gasteiger partial charge >= 0.3 is 0 Å². The van der Waals surface area contributed by atoms with Gasteiger partial charge in [0, 0.05) is 16.2 Å². The maximum Gasteiger partial charge on any atom is 0.178 e. The van der Waals surface area contributed by atoms with Crippen molar-refractivity contribution in [3.05, 3.63) is 41.0 Å². The molecule has 0 atom stereocenters. The van der Waals surface area contributed by atoms with Crippen LogP contribution >= 0.6 is 15.9 Å². The monoisotopic (exact) mass is 359 g/mol. The van der Waals surface area contributed by atoms with Crippen LogP contribution in [-0.2, 0) is 0 Å². The minimum Gasteiger partial charge on any atom is -0.494 e. The van der Waals surface area contributed by atoms with E-state index in [1.54, 1.807) is 6.20 Å². The first-order valence-corrected chi connectivity index (χ1v) is 8.15. The van der Waals surface area contributed by atoms with E-state index < -0.39 is 0 Å².